The van der Waals surface area contributed by atoms with Gasteiger partial charge in [0.1, 0.15) is 6.04 Å². The Bertz CT molecular complexity index is 495. The highest BCUT2D eigenvalue weighted by atomic mass is 16.4. The molecule has 0 aromatic heterocycles. The first-order valence-electron chi connectivity index (χ1n) is 5.89. The number of benzene rings is 1. The second kappa shape index (κ2) is 4.68. The Balaban J connectivity index is 2.16. The van der Waals surface area contributed by atoms with E-state index in [4.69, 9.17) is 10.8 Å². The van der Waals surface area contributed by atoms with E-state index in [0.717, 1.165) is 12.8 Å². The number of hydrogen-bond donors (Lipinski definition) is 3. The Morgan fingerprint density at radius 3 is 2.67 bits per heavy atom. The topological polar surface area (TPSA) is 92.4 Å². The maximum Gasteiger partial charge on any atom is 0.326 e. The predicted molar refractivity (Wildman–Crippen MR) is 67.2 cm³/mol. The van der Waals surface area contributed by atoms with Crippen molar-refractivity contribution < 1.29 is 14.7 Å². The van der Waals surface area contributed by atoms with Crippen molar-refractivity contribution in [2.75, 3.05) is 5.73 Å². The second-order valence-corrected chi connectivity index (χ2v) is 4.65. The van der Waals surface area contributed by atoms with Gasteiger partial charge in [0, 0.05) is 11.3 Å². The van der Waals surface area contributed by atoms with Crippen molar-refractivity contribution in [3.8, 4) is 0 Å². The molecule has 1 aliphatic carbocycles. The van der Waals surface area contributed by atoms with Crippen LogP contribution in [0.5, 0.6) is 0 Å². The average molecular weight is 248 g/mol. The van der Waals surface area contributed by atoms with Crippen LogP contribution in [0, 0.1) is 12.8 Å². The largest absolute Gasteiger partial charge is 0.480 e. The second-order valence-electron chi connectivity index (χ2n) is 4.65. The number of carbonyl (C=O) groups is 2. The van der Waals surface area contributed by atoms with Gasteiger partial charge in [0.05, 0.1) is 0 Å². The van der Waals surface area contributed by atoms with Crippen LogP contribution in [0.15, 0.2) is 18.2 Å². The molecular formula is C13H16N2O3. The fraction of sp³-hybridized carbons (Fsp3) is 0.385. The summed E-state index contributed by atoms with van der Waals surface area (Å²) in [5.41, 5.74) is 7.36. The third-order valence-corrected chi connectivity index (χ3v) is 3.27. The Hall–Kier alpha value is -2.04. The molecule has 0 saturated heterocycles. The Morgan fingerprint density at radius 2 is 2.11 bits per heavy atom. The SMILES string of the molecule is Cc1c(N)cccc1C(=O)NC(C(=O)O)C1CC1. The summed E-state index contributed by atoms with van der Waals surface area (Å²) in [6.07, 6.45) is 1.71. The van der Waals surface area contributed by atoms with E-state index in [1.807, 2.05) is 0 Å². The maximum atomic E-state index is 12.0. The third-order valence-electron chi connectivity index (χ3n) is 3.27. The molecule has 1 amide bonds. The smallest absolute Gasteiger partial charge is 0.326 e. The quantitative estimate of drug-likeness (QED) is 0.697. The highest BCUT2D eigenvalue weighted by Crippen LogP contribution is 2.33. The summed E-state index contributed by atoms with van der Waals surface area (Å²) in [7, 11) is 0. The molecule has 5 heteroatoms. The fourth-order valence-corrected chi connectivity index (χ4v) is 1.93. The number of amides is 1. The van der Waals surface area contributed by atoms with E-state index in [1.54, 1.807) is 25.1 Å². The van der Waals surface area contributed by atoms with E-state index in [2.05, 4.69) is 5.32 Å². The molecule has 4 N–H and O–H groups in total. The van der Waals surface area contributed by atoms with E-state index >= 15 is 0 Å². The molecule has 2 rings (SSSR count). The summed E-state index contributed by atoms with van der Waals surface area (Å²) in [4.78, 5) is 23.1. The van der Waals surface area contributed by atoms with Crippen molar-refractivity contribution in [1.82, 2.24) is 5.32 Å². The van der Waals surface area contributed by atoms with Gasteiger partial charge in [-0.3, -0.25) is 4.79 Å². The van der Waals surface area contributed by atoms with Crippen LogP contribution in [0.25, 0.3) is 0 Å². The van der Waals surface area contributed by atoms with E-state index < -0.39 is 12.0 Å². The zero-order valence-electron chi connectivity index (χ0n) is 10.1. The minimum Gasteiger partial charge on any atom is -0.480 e. The minimum atomic E-state index is -0.979. The van der Waals surface area contributed by atoms with Gasteiger partial charge >= 0.3 is 5.97 Å². The molecule has 0 spiro atoms. The molecule has 0 heterocycles. The van der Waals surface area contributed by atoms with Crippen molar-refractivity contribution in [3.05, 3.63) is 29.3 Å². The highest BCUT2D eigenvalue weighted by molar-refractivity contribution is 5.99. The lowest BCUT2D eigenvalue weighted by Gasteiger charge is -2.15. The van der Waals surface area contributed by atoms with Crippen molar-refractivity contribution >= 4 is 17.6 Å². The lowest BCUT2D eigenvalue weighted by Crippen LogP contribution is -2.42. The number of nitrogens with two attached hydrogens (primary N) is 1. The molecule has 1 saturated carbocycles. The normalized spacial score (nSPS) is 16.1. The highest BCUT2D eigenvalue weighted by Gasteiger charge is 2.37. The van der Waals surface area contributed by atoms with Crippen LogP contribution in [0.2, 0.25) is 0 Å². The third kappa shape index (κ3) is 2.45. The number of aliphatic carboxylic acids is 1. The minimum absolute atomic E-state index is 0.0628. The number of carbonyl (C=O) groups excluding carboxylic acids is 1. The van der Waals surface area contributed by atoms with Gasteiger partial charge in [0.15, 0.2) is 0 Å². The summed E-state index contributed by atoms with van der Waals surface area (Å²) in [5, 5.41) is 11.6. The number of nitrogen functional groups attached to an aromatic ring is 1. The average Bonchev–Trinajstić information content (AvgIpc) is 3.13. The van der Waals surface area contributed by atoms with Crippen LogP contribution in [-0.2, 0) is 4.79 Å². The van der Waals surface area contributed by atoms with Gasteiger partial charge in [-0.05, 0) is 43.4 Å². The standard InChI is InChI=1S/C13H16N2O3/c1-7-9(3-2-4-10(7)14)12(16)15-11(13(17)18)8-5-6-8/h2-4,8,11H,5-6,14H2,1H3,(H,15,16)(H,17,18). The molecular weight excluding hydrogens is 232 g/mol. The van der Waals surface area contributed by atoms with Gasteiger partial charge in [-0.25, -0.2) is 4.79 Å². The molecule has 1 unspecified atom stereocenters. The molecule has 1 fully saturated rings. The zero-order chi connectivity index (χ0) is 13.3. The van der Waals surface area contributed by atoms with Crippen LogP contribution in [-0.4, -0.2) is 23.0 Å². The number of carboxylic acid groups (broad SMARTS) is 1. The maximum absolute atomic E-state index is 12.0. The molecule has 1 atom stereocenters. The Kier molecular flexibility index (Phi) is 3.23. The van der Waals surface area contributed by atoms with E-state index in [1.165, 1.54) is 0 Å². The lowest BCUT2D eigenvalue weighted by atomic mass is 10.1. The monoisotopic (exact) mass is 248 g/mol. The molecule has 18 heavy (non-hydrogen) atoms. The summed E-state index contributed by atoms with van der Waals surface area (Å²) in [6, 6.07) is 4.25. The molecule has 5 nitrogen and oxygen atoms in total. The van der Waals surface area contributed by atoms with Crippen LogP contribution in [0.3, 0.4) is 0 Å². The van der Waals surface area contributed by atoms with Gasteiger partial charge in [-0.1, -0.05) is 6.07 Å². The van der Waals surface area contributed by atoms with Crippen LogP contribution in [0.4, 0.5) is 5.69 Å². The van der Waals surface area contributed by atoms with Gasteiger partial charge in [0.25, 0.3) is 5.91 Å². The molecule has 1 aromatic carbocycles. The molecule has 0 aliphatic heterocycles. The fourth-order valence-electron chi connectivity index (χ4n) is 1.93. The Labute approximate surface area is 105 Å². The first-order valence-corrected chi connectivity index (χ1v) is 5.89. The lowest BCUT2D eigenvalue weighted by molar-refractivity contribution is -0.139. The van der Waals surface area contributed by atoms with E-state index in [9.17, 15) is 9.59 Å². The predicted octanol–water partition coefficient (Wildman–Crippen LogP) is 1.17. The molecule has 0 bridgehead atoms. The van der Waals surface area contributed by atoms with E-state index in [0.29, 0.717) is 16.8 Å². The summed E-state index contributed by atoms with van der Waals surface area (Å²) in [6.45, 7) is 1.75. The number of nitrogens with one attached hydrogen (secondary N) is 1. The molecule has 1 aliphatic rings. The number of anilines is 1. The zero-order valence-corrected chi connectivity index (χ0v) is 10.1. The van der Waals surface area contributed by atoms with Crippen LogP contribution >= 0.6 is 0 Å². The summed E-state index contributed by atoms with van der Waals surface area (Å²) in [5.74, 6) is -1.29. The van der Waals surface area contributed by atoms with Gasteiger partial charge in [-0.15, -0.1) is 0 Å². The van der Waals surface area contributed by atoms with Crippen molar-refractivity contribution in [2.24, 2.45) is 5.92 Å². The van der Waals surface area contributed by atoms with Gasteiger partial charge < -0.3 is 16.2 Å². The number of carboxylic acids is 1. The summed E-state index contributed by atoms with van der Waals surface area (Å²) < 4.78 is 0. The summed E-state index contributed by atoms with van der Waals surface area (Å²) >= 11 is 0. The van der Waals surface area contributed by atoms with Crippen LogP contribution in [0.1, 0.15) is 28.8 Å². The van der Waals surface area contributed by atoms with Crippen LogP contribution < -0.4 is 11.1 Å². The number of hydrogen-bond acceptors (Lipinski definition) is 3. The molecule has 1 aromatic rings. The van der Waals surface area contributed by atoms with E-state index in [-0.39, 0.29) is 11.8 Å². The Morgan fingerprint density at radius 1 is 1.44 bits per heavy atom. The first-order chi connectivity index (χ1) is 8.50. The van der Waals surface area contributed by atoms with Crippen molar-refractivity contribution in [3.63, 3.8) is 0 Å². The first kappa shape index (κ1) is 12.4. The molecule has 0 radical (unpaired) electrons. The van der Waals surface area contributed by atoms with Crippen molar-refractivity contribution in [1.29, 1.82) is 0 Å². The molecule has 96 valence electrons. The van der Waals surface area contributed by atoms with Gasteiger partial charge in [0.2, 0.25) is 0 Å². The number of rotatable bonds is 4. The van der Waals surface area contributed by atoms with Gasteiger partial charge in [-0.2, -0.15) is 0 Å². The van der Waals surface area contributed by atoms with Crippen molar-refractivity contribution in [2.45, 2.75) is 25.8 Å².